The van der Waals surface area contributed by atoms with Gasteiger partial charge in [-0.3, -0.25) is 14.9 Å². The molecule has 2 rings (SSSR count). The molecule has 6 nitrogen and oxygen atoms in total. The first-order valence-corrected chi connectivity index (χ1v) is 9.85. The summed E-state index contributed by atoms with van der Waals surface area (Å²) in [4.78, 5) is 24.1. The fourth-order valence-electron chi connectivity index (χ4n) is 1.98. The Morgan fingerprint density at radius 2 is 1.92 bits per heavy atom. The third-order valence-electron chi connectivity index (χ3n) is 3.40. The van der Waals surface area contributed by atoms with Gasteiger partial charge in [0.1, 0.15) is 0 Å². The topological polar surface area (TPSA) is 84.0 Å². The van der Waals surface area contributed by atoms with Gasteiger partial charge >= 0.3 is 0 Å². The van der Waals surface area contributed by atoms with Crippen LogP contribution in [0.1, 0.15) is 36.7 Å². The van der Waals surface area contributed by atoms with Gasteiger partial charge in [-0.05, 0) is 23.1 Å². The van der Waals surface area contributed by atoms with Crippen molar-refractivity contribution in [3.05, 3.63) is 48.0 Å². The molecule has 8 heteroatoms. The fourth-order valence-corrected chi connectivity index (χ4v) is 3.54. The quantitative estimate of drug-likeness (QED) is 0.556. The van der Waals surface area contributed by atoms with E-state index in [1.54, 1.807) is 18.2 Å². The lowest BCUT2D eigenvalue weighted by Gasteiger charge is -2.18. The third-order valence-corrected chi connectivity index (χ3v) is 5.41. The molecule has 0 unspecified atom stereocenters. The van der Waals surface area contributed by atoms with Crippen molar-refractivity contribution >= 4 is 40.0 Å². The normalized spacial score (nSPS) is 11.0. The van der Waals surface area contributed by atoms with E-state index in [4.69, 9.17) is 0 Å². The minimum absolute atomic E-state index is 0.0165. The molecule has 1 aromatic heterocycles. The van der Waals surface area contributed by atoms with Crippen molar-refractivity contribution in [2.24, 2.45) is 0 Å². The van der Waals surface area contributed by atoms with Crippen molar-refractivity contribution in [2.75, 3.05) is 17.6 Å². The molecule has 0 saturated heterocycles. The van der Waals surface area contributed by atoms with Crippen LogP contribution in [-0.4, -0.2) is 34.3 Å². The highest BCUT2D eigenvalue weighted by Crippen LogP contribution is 2.25. The molecule has 0 fully saturated rings. The summed E-state index contributed by atoms with van der Waals surface area (Å²) in [5, 5.41) is 14.0. The van der Waals surface area contributed by atoms with Gasteiger partial charge < -0.3 is 5.32 Å². The van der Waals surface area contributed by atoms with Gasteiger partial charge in [0.2, 0.25) is 11.0 Å². The van der Waals surface area contributed by atoms with Crippen LogP contribution in [0.3, 0.4) is 0 Å². The lowest BCUT2D eigenvalue weighted by molar-refractivity contribution is -0.117. The zero-order valence-corrected chi connectivity index (χ0v) is 16.7. The monoisotopic (exact) mass is 390 g/mol. The van der Waals surface area contributed by atoms with Crippen LogP contribution in [-0.2, 0) is 10.2 Å². The Morgan fingerprint density at radius 3 is 2.54 bits per heavy atom. The van der Waals surface area contributed by atoms with Crippen molar-refractivity contribution in [1.82, 2.24) is 15.5 Å². The summed E-state index contributed by atoms with van der Waals surface area (Å²) in [6, 6.07) is 7.29. The van der Waals surface area contributed by atoms with Crippen molar-refractivity contribution < 1.29 is 9.59 Å². The molecule has 1 aromatic carbocycles. The average molecular weight is 391 g/mol. The fraction of sp³-hybridized carbons (Fsp3) is 0.333. The maximum atomic E-state index is 12.2. The molecule has 2 N–H and O–H groups in total. The van der Waals surface area contributed by atoms with Crippen LogP contribution in [0.5, 0.6) is 0 Å². The van der Waals surface area contributed by atoms with Gasteiger partial charge in [0.25, 0.3) is 5.91 Å². The number of anilines is 1. The van der Waals surface area contributed by atoms with Crippen molar-refractivity contribution in [1.29, 1.82) is 0 Å². The standard InChI is InChI=1S/C18H22N4O2S2/c1-5-10-19-16-21-22-17(26-16)25-11-14(23)20-15(24)12-6-8-13(9-7-12)18(2,3)4/h5-9H,1,10-11H2,2-4H3,(H,19,21)(H,20,23,24). The Morgan fingerprint density at radius 1 is 1.23 bits per heavy atom. The van der Waals surface area contributed by atoms with Gasteiger partial charge in [-0.1, -0.05) is 62.1 Å². The number of benzene rings is 1. The highest BCUT2D eigenvalue weighted by Gasteiger charge is 2.16. The Labute approximate surface area is 161 Å². The van der Waals surface area contributed by atoms with E-state index >= 15 is 0 Å². The molecule has 1 heterocycles. The van der Waals surface area contributed by atoms with E-state index in [-0.39, 0.29) is 17.1 Å². The van der Waals surface area contributed by atoms with Gasteiger partial charge in [0, 0.05) is 12.1 Å². The number of carbonyl (C=O) groups is 2. The molecule has 0 aliphatic rings. The molecule has 138 valence electrons. The first-order valence-electron chi connectivity index (χ1n) is 8.05. The first kappa shape index (κ1) is 20.1. The largest absolute Gasteiger partial charge is 0.357 e. The van der Waals surface area contributed by atoms with E-state index < -0.39 is 5.91 Å². The summed E-state index contributed by atoms with van der Waals surface area (Å²) in [7, 11) is 0. The average Bonchev–Trinajstić information content (AvgIpc) is 3.05. The summed E-state index contributed by atoms with van der Waals surface area (Å²) in [5.41, 5.74) is 1.61. The van der Waals surface area contributed by atoms with E-state index in [0.717, 1.165) is 5.56 Å². The predicted octanol–water partition coefficient (Wildman–Crippen LogP) is 3.48. The Bertz CT molecular complexity index is 779. The molecule has 2 amide bonds. The van der Waals surface area contributed by atoms with E-state index in [2.05, 4.69) is 48.2 Å². The van der Waals surface area contributed by atoms with Crippen LogP contribution in [0.4, 0.5) is 5.13 Å². The number of hydrogen-bond acceptors (Lipinski definition) is 7. The van der Waals surface area contributed by atoms with Crippen molar-refractivity contribution in [3.8, 4) is 0 Å². The Hall–Kier alpha value is -2.19. The zero-order chi connectivity index (χ0) is 19.2. The molecule has 26 heavy (non-hydrogen) atoms. The lowest BCUT2D eigenvalue weighted by Crippen LogP contribution is -2.31. The molecular weight excluding hydrogens is 368 g/mol. The highest BCUT2D eigenvalue weighted by molar-refractivity contribution is 8.01. The van der Waals surface area contributed by atoms with Crippen LogP contribution in [0.15, 0.2) is 41.3 Å². The second kappa shape index (κ2) is 8.95. The number of thioether (sulfide) groups is 1. The van der Waals surface area contributed by atoms with Gasteiger partial charge in [0.15, 0.2) is 4.34 Å². The van der Waals surface area contributed by atoms with Crippen LogP contribution < -0.4 is 10.6 Å². The third kappa shape index (κ3) is 5.96. The van der Waals surface area contributed by atoms with Gasteiger partial charge in [-0.15, -0.1) is 16.8 Å². The Balaban J connectivity index is 1.84. The van der Waals surface area contributed by atoms with E-state index in [1.807, 2.05) is 12.1 Å². The lowest BCUT2D eigenvalue weighted by atomic mass is 9.87. The maximum Gasteiger partial charge on any atom is 0.257 e. The maximum absolute atomic E-state index is 12.2. The second-order valence-corrected chi connectivity index (χ2v) is 8.74. The molecule has 2 aromatic rings. The molecular formula is C18H22N4O2S2. The number of nitrogens with one attached hydrogen (secondary N) is 2. The smallest absolute Gasteiger partial charge is 0.257 e. The summed E-state index contributed by atoms with van der Waals surface area (Å²) >= 11 is 2.59. The molecule has 0 atom stereocenters. The minimum Gasteiger partial charge on any atom is -0.357 e. The highest BCUT2D eigenvalue weighted by atomic mass is 32.2. The SMILES string of the molecule is C=CCNc1nnc(SCC(=O)NC(=O)c2ccc(C(C)(C)C)cc2)s1. The van der Waals surface area contributed by atoms with Crippen LogP contribution >= 0.6 is 23.1 Å². The zero-order valence-electron chi connectivity index (χ0n) is 15.0. The molecule has 0 bridgehead atoms. The number of nitrogens with zero attached hydrogens (tertiary/aromatic N) is 2. The number of rotatable bonds is 7. The number of imide groups is 1. The van der Waals surface area contributed by atoms with Gasteiger partial charge in [0.05, 0.1) is 5.75 Å². The van der Waals surface area contributed by atoms with E-state index in [9.17, 15) is 9.59 Å². The summed E-state index contributed by atoms with van der Waals surface area (Å²) in [6.07, 6.45) is 1.72. The minimum atomic E-state index is -0.401. The van der Waals surface area contributed by atoms with Gasteiger partial charge in [-0.2, -0.15) is 0 Å². The molecule has 0 aliphatic carbocycles. The Kier molecular flexibility index (Phi) is 6.93. The molecule has 0 spiro atoms. The molecule has 0 saturated carbocycles. The molecule has 0 radical (unpaired) electrons. The second-order valence-electron chi connectivity index (χ2n) is 6.54. The van der Waals surface area contributed by atoms with Crippen LogP contribution in [0, 0.1) is 0 Å². The number of amides is 2. The summed E-state index contributed by atoms with van der Waals surface area (Å²) < 4.78 is 0.661. The number of carbonyl (C=O) groups excluding carboxylic acids is 2. The number of aromatic nitrogens is 2. The van der Waals surface area contributed by atoms with E-state index in [0.29, 0.717) is 21.6 Å². The number of hydrogen-bond donors (Lipinski definition) is 2. The van der Waals surface area contributed by atoms with Crippen LogP contribution in [0.2, 0.25) is 0 Å². The van der Waals surface area contributed by atoms with Crippen LogP contribution in [0.25, 0.3) is 0 Å². The first-order chi connectivity index (χ1) is 12.3. The summed E-state index contributed by atoms with van der Waals surface area (Å²) in [6.45, 7) is 10.5. The van der Waals surface area contributed by atoms with Crippen molar-refractivity contribution in [3.63, 3.8) is 0 Å². The van der Waals surface area contributed by atoms with Gasteiger partial charge in [-0.25, -0.2) is 0 Å². The van der Waals surface area contributed by atoms with Crippen molar-refractivity contribution in [2.45, 2.75) is 30.5 Å². The molecule has 0 aliphatic heterocycles. The summed E-state index contributed by atoms with van der Waals surface area (Å²) in [5.74, 6) is -0.667. The van der Waals surface area contributed by atoms with E-state index in [1.165, 1.54) is 23.1 Å². The predicted molar refractivity (Wildman–Crippen MR) is 107 cm³/mol.